The predicted molar refractivity (Wildman–Crippen MR) is 89.5 cm³/mol. The van der Waals surface area contributed by atoms with Crippen molar-refractivity contribution in [3.05, 3.63) is 31.8 Å². The lowest BCUT2D eigenvalue weighted by molar-refractivity contribution is 0.0662. The number of nitrogens with zero attached hydrogens (tertiary/aromatic N) is 2. The smallest absolute Gasteiger partial charge is 0.254 e. The van der Waals surface area contributed by atoms with Crippen molar-refractivity contribution in [3.8, 4) is 0 Å². The molecule has 0 bridgehead atoms. The molecule has 1 saturated heterocycles. The second kappa shape index (κ2) is 6.54. The monoisotopic (exact) mass is 436 g/mol. The Balaban J connectivity index is 2.07. The van der Waals surface area contributed by atoms with Crippen LogP contribution in [0.5, 0.6) is 0 Å². The lowest BCUT2D eigenvalue weighted by Gasteiger charge is -2.35. The quantitative estimate of drug-likeness (QED) is 0.664. The van der Waals surface area contributed by atoms with Gasteiger partial charge in [-0.1, -0.05) is 15.9 Å². The molecule has 1 aromatic rings. The summed E-state index contributed by atoms with van der Waals surface area (Å²) in [7, 11) is 4.22. The molecule has 1 fully saturated rings. The first-order valence-electron chi connectivity index (χ1n) is 6.40. The second-order valence-corrected chi connectivity index (χ2v) is 7.19. The Morgan fingerprint density at radius 1 is 1.37 bits per heavy atom. The van der Waals surface area contributed by atoms with Crippen LogP contribution in [0.15, 0.2) is 22.7 Å². The van der Waals surface area contributed by atoms with Gasteiger partial charge in [-0.2, -0.15) is 0 Å². The van der Waals surface area contributed by atoms with E-state index < -0.39 is 0 Å². The van der Waals surface area contributed by atoms with Gasteiger partial charge in [-0.15, -0.1) is 0 Å². The van der Waals surface area contributed by atoms with Crippen molar-refractivity contribution in [2.75, 3.05) is 27.2 Å². The summed E-state index contributed by atoms with van der Waals surface area (Å²) in [4.78, 5) is 16.8. The van der Waals surface area contributed by atoms with Crippen LogP contribution in [0.25, 0.3) is 0 Å². The highest BCUT2D eigenvalue weighted by Crippen LogP contribution is 2.22. The molecule has 1 aromatic carbocycles. The minimum Gasteiger partial charge on any atom is -0.338 e. The number of carbonyl (C=O) groups excluding carboxylic acids is 1. The molecule has 104 valence electrons. The van der Waals surface area contributed by atoms with Gasteiger partial charge in [0.05, 0.1) is 5.56 Å². The highest BCUT2D eigenvalue weighted by atomic mass is 127. The Morgan fingerprint density at radius 3 is 2.58 bits per heavy atom. The topological polar surface area (TPSA) is 23.6 Å². The number of piperidine rings is 1. The van der Waals surface area contributed by atoms with Crippen LogP contribution in [-0.2, 0) is 0 Å². The van der Waals surface area contributed by atoms with Crippen molar-refractivity contribution < 1.29 is 4.79 Å². The number of halogens is 2. The molecule has 0 spiro atoms. The fourth-order valence-corrected chi connectivity index (χ4v) is 3.34. The van der Waals surface area contributed by atoms with Gasteiger partial charge in [0.1, 0.15) is 0 Å². The average molecular weight is 437 g/mol. The van der Waals surface area contributed by atoms with Gasteiger partial charge in [0.15, 0.2) is 0 Å². The molecule has 0 radical (unpaired) electrons. The van der Waals surface area contributed by atoms with E-state index >= 15 is 0 Å². The molecule has 1 aliphatic heterocycles. The first-order chi connectivity index (χ1) is 8.99. The Hall–Kier alpha value is -0.140. The summed E-state index contributed by atoms with van der Waals surface area (Å²) in [6, 6.07) is 6.47. The van der Waals surface area contributed by atoms with Gasteiger partial charge in [-0.05, 0) is 67.7 Å². The summed E-state index contributed by atoms with van der Waals surface area (Å²) < 4.78 is 1.97. The highest BCUT2D eigenvalue weighted by molar-refractivity contribution is 14.1. The molecule has 5 heteroatoms. The number of hydrogen-bond acceptors (Lipinski definition) is 2. The molecular formula is C14H18BrIN2O. The minimum atomic E-state index is 0.155. The van der Waals surface area contributed by atoms with Gasteiger partial charge in [0.2, 0.25) is 0 Å². The fraction of sp³-hybridized carbons (Fsp3) is 0.500. The number of hydrogen-bond donors (Lipinski definition) is 0. The maximum Gasteiger partial charge on any atom is 0.254 e. The number of benzene rings is 1. The van der Waals surface area contributed by atoms with Crippen molar-refractivity contribution in [2.24, 2.45) is 0 Å². The summed E-state index contributed by atoms with van der Waals surface area (Å²) in [5.74, 6) is 0.155. The Labute approximate surface area is 136 Å². The molecule has 0 aromatic heterocycles. The van der Waals surface area contributed by atoms with Crippen molar-refractivity contribution in [1.29, 1.82) is 0 Å². The molecule has 1 heterocycles. The van der Waals surface area contributed by atoms with Crippen LogP contribution in [0.3, 0.4) is 0 Å². The van der Waals surface area contributed by atoms with Crippen molar-refractivity contribution in [3.63, 3.8) is 0 Å². The molecule has 0 atom stereocenters. The Bertz CT molecular complexity index is 471. The van der Waals surface area contributed by atoms with Crippen LogP contribution in [-0.4, -0.2) is 48.9 Å². The third kappa shape index (κ3) is 3.70. The number of rotatable bonds is 2. The standard InChI is InChI=1S/C14H18BrIN2O/c1-17(2)11-5-7-18(8-6-11)14(19)12-9-10(15)3-4-13(12)16/h3-4,9,11H,5-8H2,1-2H3. The molecule has 3 nitrogen and oxygen atoms in total. The molecule has 2 rings (SSSR count). The van der Waals surface area contributed by atoms with Gasteiger partial charge in [-0.3, -0.25) is 4.79 Å². The largest absolute Gasteiger partial charge is 0.338 e. The number of amides is 1. The lowest BCUT2D eigenvalue weighted by atomic mass is 10.0. The van der Waals surface area contributed by atoms with Crippen LogP contribution < -0.4 is 0 Å². The van der Waals surface area contributed by atoms with E-state index in [-0.39, 0.29) is 5.91 Å². The van der Waals surface area contributed by atoms with Gasteiger partial charge in [0, 0.05) is 27.2 Å². The summed E-state index contributed by atoms with van der Waals surface area (Å²) in [6.07, 6.45) is 2.12. The van der Waals surface area contributed by atoms with Gasteiger partial charge in [0.25, 0.3) is 5.91 Å². The summed E-state index contributed by atoms with van der Waals surface area (Å²) in [5, 5.41) is 0. The average Bonchev–Trinajstić information content (AvgIpc) is 2.41. The van der Waals surface area contributed by atoms with E-state index in [0.717, 1.165) is 39.5 Å². The molecule has 1 aliphatic rings. The number of likely N-dealkylation sites (tertiary alicyclic amines) is 1. The molecule has 0 N–H and O–H groups in total. The predicted octanol–water partition coefficient (Wildman–Crippen LogP) is 3.22. The molecule has 1 amide bonds. The maximum atomic E-state index is 12.5. The van der Waals surface area contributed by atoms with Gasteiger partial charge >= 0.3 is 0 Å². The zero-order valence-corrected chi connectivity index (χ0v) is 14.9. The SMILES string of the molecule is CN(C)C1CCN(C(=O)c2cc(Br)ccc2I)CC1. The van der Waals surface area contributed by atoms with Gasteiger partial charge < -0.3 is 9.80 Å². The third-order valence-electron chi connectivity index (χ3n) is 3.64. The van der Waals surface area contributed by atoms with Crippen molar-refractivity contribution >= 4 is 44.4 Å². The van der Waals surface area contributed by atoms with Crippen molar-refractivity contribution in [2.45, 2.75) is 18.9 Å². The van der Waals surface area contributed by atoms with E-state index in [9.17, 15) is 4.79 Å². The Morgan fingerprint density at radius 2 is 2.00 bits per heavy atom. The van der Waals surface area contributed by atoms with E-state index in [2.05, 4.69) is 57.5 Å². The zero-order chi connectivity index (χ0) is 14.0. The first-order valence-corrected chi connectivity index (χ1v) is 8.27. The lowest BCUT2D eigenvalue weighted by Crippen LogP contribution is -2.44. The first kappa shape index (κ1) is 15.3. The zero-order valence-electron chi connectivity index (χ0n) is 11.2. The van der Waals surface area contributed by atoms with Crippen molar-refractivity contribution in [1.82, 2.24) is 9.80 Å². The van der Waals surface area contributed by atoms with E-state index in [1.165, 1.54) is 0 Å². The molecule has 0 saturated carbocycles. The van der Waals surface area contributed by atoms with Crippen LogP contribution in [0.1, 0.15) is 23.2 Å². The summed E-state index contributed by atoms with van der Waals surface area (Å²) in [6.45, 7) is 1.70. The normalized spacial score (nSPS) is 17.0. The molecule has 0 unspecified atom stereocenters. The second-order valence-electron chi connectivity index (χ2n) is 5.11. The van der Waals surface area contributed by atoms with E-state index in [1.54, 1.807) is 0 Å². The summed E-state index contributed by atoms with van der Waals surface area (Å²) in [5.41, 5.74) is 0.804. The third-order valence-corrected chi connectivity index (χ3v) is 5.07. The molecule has 19 heavy (non-hydrogen) atoms. The van der Waals surface area contributed by atoms with E-state index in [4.69, 9.17) is 0 Å². The maximum absolute atomic E-state index is 12.5. The van der Waals surface area contributed by atoms with E-state index in [0.29, 0.717) is 6.04 Å². The highest BCUT2D eigenvalue weighted by Gasteiger charge is 2.25. The number of carbonyl (C=O) groups is 1. The molecular weight excluding hydrogens is 419 g/mol. The minimum absolute atomic E-state index is 0.155. The van der Waals surface area contributed by atoms with Crippen LogP contribution in [0.4, 0.5) is 0 Å². The van der Waals surface area contributed by atoms with Gasteiger partial charge in [-0.25, -0.2) is 0 Å². The molecule has 0 aliphatic carbocycles. The van der Waals surface area contributed by atoms with Crippen LogP contribution in [0.2, 0.25) is 0 Å². The Kier molecular flexibility index (Phi) is 5.25. The fourth-order valence-electron chi connectivity index (χ4n) is 2.42. The summed E-state index contributed by atoms with van der Waals surface area (Å²) >= 11 is 5.66. The van der Waals surface area contributed by atoms with E-state index in [1.807, 2.05) is 23.1 Å². The van der Waals surface area contributed by atoms with Crippen LogP contribution in [0, 0.1) is 3.57 Å². The van der Waals surface area contributed by atoms with Crippen LogP contribution >= 0.6 is 38.5 Å².